The molecule has 6 aromatic rings. The van der Waals surface area contributed by atoms with Gasteiger partial charge in [-0.25, -0.2) is 27.8 Å². The zero-order chi connectivity index (χ0) is 37.9. The maximum atomic E-state index is 14.7. The van der Waals surface area contributed by atoms with Crippen LogP contribution in [-0.4, -0.2) is 88.5 Å². The number of carbonyl (C=O) groups excluding carboxylic acids is 2. The van der Waals surface area contributed by atoms with E-state index < -0.39 is 48.8 Å². The molecule has 8 atom stereocenters. The lowest BCUT2D eigenvalue weighted by Gasteiger charge is -2.13. The molecule has 4 aromatic heterocycles. The van der Waals surface area contributed by atoms with E-state index in [-0.39, 0.29) is 33.3 Å². The van der Waals surface area contributed by atoms with Crippen LogP contribution in [0.3, 0.4) is 0 Å². The Morgan fingerprint density at radius 1 is 0.714 bits per heavy atom. The van der Waals surface area contributed by atoms with Gasteiger partial charge in [0.2, 0.25) is 0 Å². The maximum Gasteiger partial charge on any atom is 0.256 e. The van der Waals surface area contributed by atoms with Gasteiger partial charge in [-0.15, -0.1) is 0 Å². The summed E-state index contributed by atoms with van der Waals surface area (Å²) in [5.41, 5.74) is 3.03. The average Bonchev–Trinajstić information content (AvgIpc) is 3.97. The predicted molar refractivity (Wildman–Crippen MR) is 206 cm³/mol. The first-order chi connectivity index (χ1) is 26.2. The molecule has 0 bridgehead atoms. The largest absolute Gasteiger partial charge is 0.394 e. The van der Waals surface area contributed by atoms with Crippen molar-refractivity contribution >= 4 is 34.5 Å². The third-order valence-corrected chi connectivity index (χ3v) is 9.68. The summed E-state index contributed by atoms with van der Waals surface area (Å²) in [5, 5.41) is 33.2. The first-order valence-electron chi connectivity index (χ1n) is 17.5. The number of anilines is 2. The van der Waals surface area contributed by atoms with Crippen molar-refractivity contribution in [2.24, 2.45) is 5.92 Å². The molecule has 2 amide bonds. The number of aromatic nitrogens is 6. The van der Waals surface area contributed by atoms with Gasteiger partial charge in [-0.05, 0) is 55.0 Å². The van der Waals surface area contributed by atoms with Crippen molar-refractivity contribution in [2.45, 2.75) is 78.0 Å². The Bertz CT molecular complexity index is 2080. The van der Waals surface area contributed by atoms with Gasteiger partial charge >= 0.3 is 0 Å². The molecule has 0 saturated carbocycles. The van der Waals surface area contributed by atoms with Crippen LogP contribution in [-0.2, 0) is 9.47 Å². The van der Waals surface area contributed by atoms with Crippen molar-refractivity contribution in [1.29, 1.82) is 0 Å². The van der Waals surface area contributed by atoms with Crippen LogP contribution in [0.5, 0.6) is 0 Å². The molecule has 2 aromatic carbocycles. The molecule has 0 aliphatic carbocycles. The van der Waals surface area contributed by atoms with Gasteiger partial charge in [0.25, 0.3) is 11.8 Å². The van der Waals surface area contributed by atoms with Crippen LogP contribution in [0.4, 0.5) is 20.4 Å². The number of benzene rings is 2. The molecule has 56 heavy (non-hydrogen) atoms. The third-order valence-electron chi connectivity index (χ3n) is 9.68. The first kappa shape index (κ1) is 41.5. The van der Waals surface area contributed by atoms with Gasteiger partial charge in [-0.1, -0.05) is 65.1 Å². The van der Waals surface area contributed by atoms with Crippen molar-refractivity contribution in [3.05, 3.63) is 120 Å². The van der Waals surface area contributed by atoms with E-state index in [1.54, 1.807) is 79.7 Å². The normalized spacial score (nSPS) is 24.1. The number of nitrogens with one attached hydrogen (secondary N) is 2. The molecule has 296 valence electrons. The number of nitrogens with zero attached hydrogens (tertiary/aromatic N) is 6. The Morgan fingerprint density at radius 2 is 1.16 bits per heavy atom. The van der Waals surface area contributed by atoms with Crippen LogP contribution in [0, 0.1) is 5.92 Å². The number of rotatable bonds is 8. The van der Waals surface area contributed by atoms with Crippen molar-refractivity contribution < 1.29 is 38.1 Å². The zero-order valence-electron chi connectivity index (χ0n) is 29.2. The highest BCUT2D eigenvalue weighted by molar-refractivity contribution is 6.06. The number of aliphatic hydroxyl groups excluding tert-OH is 2. The maximum absolute atomic E-state index is 14.7. The molecule has 0 unspecified atom stereocenters. The molecule has 2 aliphatic rings. The molecule has 4 N–H and O–H groups in total. The summed E-state index contributed by atoms with van der Waals surface area (Å²) < 4.78 is 43.6. The van der Waals surface area contributed by atoms with Crippen LogP contribution < -0.4 is 10.6 Å². The minimum atomic E-state index is -1.55. The van der Waals surface area contributed by atoms with E-state index in [9.17, 15) is 28.6 Å². The van der Waals surface area contributed by atoms with Crippen LogP contribution in [0.1, 0.15) is 79.4 Å². The first-order valence-corrected chi connectivity index (χ1v) is 17.5. The Morgan fingerprint density at radius 3 is 1.57 bits per heavy atom. The molecular formula is C40H46F2N8O6. The quantitative estimate of drug-likeness (QED) is 0.140. The number of amides is 2. The number of carbonyl (C=O) groups is 2. The van der Waals surface area contributed by atoms with E-state index in [4.69, 9.17) is 9.47 Å². The second-order valence-corrected chi connectivity index (χ2v) is 13.0. The SMILES string of the molecule is C.C.CC[C@H]1O[C@@H](c2ccc3c(NC(=O)c4ccccc4)ncnn23)[C@H](F)[C@@H]1O.C[C@H]1[C@@H](F)[C@H](c2ccc3c(NC(=O)c4ccccc4)ncnn23)O[C@@H]1CO. The molecule has 2 aliphatic heterocycles. The smallest absolute Gasteiger partial charge is 0.256 e. The molecule has 14 nitrogen and oxygen atoms in total. The second kappa shape index (κ2) is 17.8. The topological polar surface area (TPSA) is 177 Å². The highest BCUT2D eigenvalue weighted by Gasteiger charge is 2.46. The van der Waals surface area contributed by atoms with Crippen LogP contribution >= 0.6 is 0 Å². The van der Waals surface area contributed by atoms with E-state index in [0.717, 1.165) is 0 Å². The Labute approximate surface area is 322 Å². The Kier molecular flexibility index (Phi) is 13.2. The van der Waals surface area contributed by atoms with Crippen LogP contribution in [0.25, 0.3) is 11.0 Å². The fourth-order valence-corrected chi connectivity index (χ4v) is 6.68. The summed E-state index contributed by atoms with van der Waals surface area (Å²) in [6.45, 7) is 3.30. The molecule has 8 rings (SSSR count). The van der Waals surface area contributed by atoms with Crippen molar-refractivity contribution in [3.8, 4) is 0 Å². The van der Waals surface area contributed by atoms with Gasteiger partial charge in [0.15, 0.2) is 17.8 Å². The lowest BCUT2D eigenvalue weighted by Crippen LogP contribution is -2.27. The predicted octanol–water partition coefficient (Wildman–Crippen LogP) is 6.19. The number of aliphatic hydroxyl groups is 2. The molecule has 0 radical (unpaired) electrons. The monoisotopic (exact) mass is 772 g/mol. The standard InChI is InChI=1S/2C19H19FN4O3.2CH4/c1-11-15(9-25)27-17(16(11)20)13-7-8-14-18(21-10-22-24(13)14)23-19(26)12-5-3-2-4-6-12;1-2-14-16(25)15(20)17(27-14)12-8-9-13-18(21-10-22-24(12)13)23-19(26)11-6-4-3-5-7-11;;/h2-8,10-11,15-17,25H,9H2,1H3,(H,21,22,23,26);3-10,14-17,25H,2H2,1H3,(H,21,22,23,26);2*1H4/t11-,15-,16-,17+;14-,15-,16-,17+;;/m11../s1. The van der Waals surface area contributed by atoms with Gasteiger partial charge in [-0.2, -0.15) is 10.2 Å². The highest BCUT2D eigenvalue weighted by Crippen LogP contribution is 2.40. The summed E-state index contributed by atoms with van der Waals surface area (Å²) >= 11 is 0. The number of alkyl halides is 2. The number of fused-ring (bicyclic) bond motifs is 2. The van der Waals surface area contributed by atoms with Crippen molar-refractivity contribution in [1.82, 2.24) is 29.2 Å². The number of ether oxygens (including phenoxy) is 2. The third kappa shape index (κ3) is 8.00. The van der Waals surface area contributed by atoms with E-state index in [1.165, 1.54) is 21.7 Å². The molecule has 0 spiro atoms. The Hall–Kier alpha value is -5.68. The van der Waals surface area contributed by atoms with Gasteiger partial charge in [0.05, 0.1) is 30.2 Å². The lowest BCUT2D eigenvalue weighted by molar-refractivity contribution is -0.00712. The summed E-state index contributed by atoms with van der Waals surface area (Å²) in [4.78, 5) is 33.1. The van der Waals surface area contributed by atoms with Gasteiger partial charge in [0.1, 0.15) is 48.2 Å². The van der Waals surface area contributed by atoms with Crippen molar-refractivity contribution in [2.75, 3.05) is 17.2 Å². The van der Waals surface area contributed by atoms with E-state index in [0.29, 0.717) is 51.6 Å². The summed E-state index contributed by atoms with van der Waals surface area (Å²) in [6.07, 6.45) is -3.79. The molecule has 6 heterocycles. The molecular weight excluding hydrogens is 726 g/mol. The number of hydrogen-bond acceptors (Lipinski definition) is 10. The highest BCUT2D eigenvalue weighted by atomic mass is 19.1. The van der Waals surface area contributed by atoms with E-state index in [2.05, 4.69) is 30.8 Å². The van der Waals surface area contributed by atoms with Gasteiger partial charge in [-0.3, -0.25) is 9.59 Å². The number of hydrogen-bond donors (Lipinski definition) is 4. The van der Waals surface area contributed by atoms with E-state index >= 15 is 0 Å². The average molecular weight is 773 g/mol. The molecule has 2 saturated heterocycles. The molecule has 2 fully saturated rings. The zero-order valence-corrected chi connectivity index (χ0v) is 29.2. The minimum absolute atomic E-state index is 0. The lowest BCUT2D eigenvalue weighted by atomic mass is 9.99. The summed E-state index contributed by atoms with van der Waals surface area (Å²) in [7, 11) is 0. The van der Waals surface area contributed by atoms with Gasteiger partial charge in [0, 0.05) is 17.0 Å². The second-order valence-electron chi connectivity index (χ2n) is 13.0. The minimum Gasteiger partial charge on any atom is -0.394 e. The fraction of sp³-hybridized carbons (Fsp3) is 0.350. The molecule has 16 heteroatoms. The van der Waals surface area contributed by atoms with Crippen molar-refractivity contribution in [3.63, 3.8) is 0 Å². The summed E-state index contributed by atoms with van der Waals surface area (Å²) in [5.74, 6) is -0.393. The summed E-state index contributed by atoms with van der Waals surface area (Å²) in [6, 6.07) is 24.3. The number of halogens is 2. The van der Waals surface area contributed by atoms with Gasteiger partial charge < -0.3 is 30.3 Å². The fourth-order valence-electron chi connectivity index (χ4n) is 6.68. The van der Waals surface area contributed by atoms with E-state index in [1.807, 2.05) is 19.1 Å². The van der Waals surface area contributed by atoms with Crippen LogP contribution in [0.2, 0.25) is 0 Å². The Balaban J connectivity index is 0.000000207. The van der Waals surface area contributed by atoms with Crippen LogP contribution in [0.15, 0.2) is 97.6 Å².